The van der Waals surface area contributed by atoms with Gasteiger partial charge in [-0.15, -0.1) is 0 Å². The van der Waals surface area contributed by atoms with E-state index in [4.69, 9.17) is 11.6 Å². The number of nitrogens with one attached hydrogen (secondary N) is 1. The predicted molar refractivity (Wildman–Crippen MR) is 67.5 cm³/mol. The Morgan fingerprint density at radius 2 is 1.76 bits per heavy atom. The van der Waals surface area contributed by atoms with Crippen LogP contribution in [0, 0.1) is 6.07 Å². The van der Waals surface area contributed by atoms with Gasteiger partial charge in [-0.25, -0.2) is 8.42 Å². The second kappa shape index (κ2) is 4.77. The Morgan fingerprint density at radius 1 is 1.06 bits per heavy atom. The normalized spacial score (nSPS) is 11.1. The van der Waals surface area contributed by atoms with Crippen LogP contribution in [0.5, 0.6) is 0 Å². The molecule has 1 radical (unpaired) electrons. The number of halogens is 1. The van der Waals surface area contributed by atoms with Crippen LogP contribution in [0.2, 0.25) is 5.02 Å². The molecule has 0 fully saturated rings. The van der Waals surface area contributed by atoms with Crippen LogP contribution in [0.1, 0.15) is 0 Å². The number of benzene rings is 2. The van der Waals surface area contributed by atoms with E-state index in [9.17, 15) is 8.42 Å². The Morgan fingerprint density at radius 3 is 2.35 bits per heavy atom. The van der Waals surface area contributed by atoms with Crippen molar-refractivity contribution in [1.29, 1.82) is 0 Å². The maximum absolute atomic E-state index is 11.9. The number of rotatable bonds is 3. The summed E-state index contributed by atoms with van der Waals surface area (Å²) in [6.45, 7) is 0. The maximum atomic E-state index is 11.9. The summed E-state index contributed by atoms with van der Waals surface area (Å²) in [4.78, 5) is 0.130. The van der Waals surface area contributed by atoms with Crippen molar-refractivity contribution in [3.63, 3.8) is 0 Å². The highest BCUT2D eigenvalue weighted by Crippen LogP contribution is 2.17. The van der Waals surface area contributed by atoms with E-state index in [1.807, 2.05) is 6.07 Å². The topological polar surface area (TPSA) is 46.2 Å². The van der Waals surface area contributed by atoms with Gasteiger partial charge in [0.15, 0.2) is 0 Å². The van der Waals surface area contributed by atoms with Gasteiger partial charge in [-0.1, -0.05) is 29.8 Å². The third-order valence-corrected chi connectivity index (χ3v) is 3.70. The van der Waals surface area contributed by atoms with Crippen molar-refractivity contribution in [3.05, 3.63) is 59.6 Å². The van der Waals surface area contributed by atoms with E-state index in [2.05, 4.69) is 10.8 Å². The Hall–Kier alpha value is -1.52. The monoisotopic (exact) mass is 266 g/mol. The average molecular weight is 267 g/mol. The van der Waals surface area contributed by atoms with Crippen molar-refractivity contribution >= 4 is 27.3 Å². The summed E-state index contributed by atoms with van der Waals surface area (Å²) in [6.07, 6.45) is 0. The molecule has 0 unspecified atom stereocenters. The zero-order chi connectivity index (χ0) is 12.3. The molecule has 87 valence electrons. The smallest absolute Gasteiger partial charge is 0.261 e. The molecule has 0 aliphatic heterocycles. The SMILES string of the molecule is O=S(=O)(Nc1ccccc1)c1c[c]c(Cl)cc1. The standard InChI is InChI=1S/C12H9ClNO2S/c13-10-6-8-12(9-7-10)17(15,16)14-11-4-2-1-3-5-11/h1-6,8-9,14H. The van der Waals surface area contributed by atoms with Gasteiger partial charge < -0.3 is 0 Å². The molecule has 2 aromatic carbocycles. The van der Waals surface area contributed by atoms with Crippen LogP contribution in [0.3, 0.4) is 0 Å². The zero-order valence-corrected chi connectivity index (χ0v) is 10.3. The van der Waals surface area contributed by atoms with E-state index in [0.717, 1.165) is 0 Å². The summed E-state index contributed by atoms with van der Waals surface area (Å²) >= 11 is 5.65. The van der Waals surface area contributed by atoms with Crippen molar-refractivity contribution in [2.45, 2.75) is 4.90 Å². The van der Waals surface area contributed by atoms with Crippen molar-refractivity contribution in [3.8, 4) is 0 Å². The van der Waals surface area contributed by atoms with E-state index in [1.54, 1.807) is 24.3 Å². The minimum atomic E-state index is -3.57. The third-order valence-electron chi connectivity index (χ3n) is 2.08. The van der Waals surface area contributed by atoms with Crippen LogP contribution in [-0.2, 0) is 10.0 Å². The lowest BCUT2D eigenvalue weighted by atomic mass is 10.3. The van der Waals surface area contributed by atoms with Gasteiger partial charge in [-0.05, 0) is 30.3 Å². The summed E-state index contributed by atoms with van der Waals surface area (Å²) in [6, 6.07) is 15.6. The van der Waals surface area contributed by atoms with E-state index in [0.29, 0.717) is 10.7 Å². The van der Waals surface area contributed by atoms with Crippen molar-refractivity contribution < 1.29 is 8.42 Å². The largest absolute Gasteiger partial charge is 0.280 e. The lowest BCUT2D eigenvalue weighted by molar-refractivity contribution is 0.601. The first-order valence-corrected chi connectivity index (χ1v) is 6.69. The molecular formula is C12H9ClNO2S. The van der Waals surface area contributed by atoms with E-state index >= 15 is 0 Å². The van der Waals surface area contributed by atoms with Gasteiger partial charge in [0, 0.05) is 16.8 Å². The third kappa shape index (κ3) is 2.99. The molecule has 0 bridgehead atoms. The number of anilines is 1. The molecule has 0 heterocycles. The Kier molecular flexibility index (Phi) is 3.36. The zero-order valence-electron chi connectivity index (χ0n) is 8.72. The van der Waals surface area contributed by atoms with Gasteiger partial charge in [0.2, 0.25) is 0 Å². The molecule has 1 N–H and O–H groups in total. The fourth-order valence-electron chi connectivity index (χ4n) is 1.28. The van der Waals surface area contributed by atoms with Crippen molar-refractivity contribution in [1.82, 2.24) is 0 Å². The average Bonchev–Trinajstić information content (AvgIpc) is 2.30. The highest BCUT2D eigenvalue weighted by molar-refractivity contribution is 7.92. The molecule has 0 spiro atoms. The maximum Gasteiger partial charge on any atom is 0.261 e. The molecule has 0 aliphatic rings. The molecule has 0 amide bonds. The molecule has 17 heavy (non-hydrogen) atoms. The first-order chi connectivity index (χ1) is 8.08. The molecular weight excluding hydrogens is 258 g/mol. The molecule has 5 heteroatoms. The van der Waals surface area contributed by atoms with Crippen LogP contribution >= 0.6 is 11.6 Å². The van der Waals surface area contributed by atoms with E-state index in [-0.39, 0.29) is 4.90 Å². The number of sulfonamides is 1. The summed E-state index contributed by atoms with van der Waals surface area (Å²) in [5, 5.41) is 0.378. The van der Waals surface area contributed by atoms with Crippen molar-refractivity contribution in [2.75, 3.05) is 4.72 Å². The van der Waals surface area contributed by atoms with Crippen LogP contribution in [0.15, 0.2) is 53.4 Å². The lowest BCUT2D eigenvalue weighted by Gasteiger charge is -2.07. The minimum absolute atomic E-state index is 0.130. The molecule has 0 aliphatic carbocycles. The van der Waals surface area contributed by atoms with Crippen molar-refractivity contribution in [2.24, 2.45) is 0 Å². The fraction of sp³-hybridized carbons (Fsp3) is 0. The Labute approximate surface area is 105 Å². The number of hydrogen-bond donors (Lipinski definition) is 1. The second-order valence-electron chi connectivity index (χ2n) is 3.34. The van der Waals surface area contributed by atoms with Gasteiger partial charge >= 0.3 is 0 Å². The van der Waals surface area contributed by atoms with Crippen LogP contribution in [-0.4, -0.2) is 8.42 Å². The number of hydrogen-bond acceptors (Lipinski definition) is 2. The quantitative estimate of drug-likeness (QED) is 0.928. The molecule has 0 saturated carbocycles. The highest BCUT2D eigenvalue weighted by Gasteiger charge is 2.13. The minimum Gasteiger partial charge on any atom is -0.280 e. The number of para-hydroxylation sites is 1. The van der Waals surface area contributed by atoms with E-state index < -0.39 is 10.0 Å². The molecule has 0 aromatic heterocycles. The molecule has 2 aromatic rings. The summed E-state index contributed by atoms with van der Waals surface area (Å²) in [5.74, 6) is 0. The van der Waals surface area contributed by atoms with Crippen LogP contribution < -0.4 is 4.72 Å². The van der Waals surface area contributed by atoms with Gasteiger partial charge in [0.25, 0.3) is 10.0 Å². The first-order valence-electron chi connectivity index (χ1n) is 4.83. The van der Waals surface area contributed by atoms with Crippen LogP contribution in [0.25, 0.3) is 0 Å². The molecule has 3 nitrogen and oxygen atoms in total. The lowest BCUT2D eigenvalue weighted by Crippen LogP contribution is -2.12. The van der Waals surface area contributed by atoms with Gasteiger partial charge in [0.05, 0.1) is 4.90 Å². The predicted octanol–water partition coefficient (Wildman–Crippen LogP) is 2.94. The van der Waals surface area contributed by atoms with Crippen LogP contribution in [0.4, 0.5) is 5.69 Å². The molecule has 0 atom stereocenters. The Bertz CT molecular complexity index is 594. The summed E-state index contributed by atoms with van der Waals surface area (Å²) in [7, 11) is -3.57. The summed E-state index contributed by atoms with van der Waals surface area (Å²) < 4.78 is 26.3. The molecule has 0 saturated heterocycles. The van der Waals surface area contributed by atoms with Gasteiger partial charge in [0.1, 0.15) is 0 Å². The van der Waals surface area contributed by atoms with Gasteiger partial charge in [-0.2, -0.15) is 0 Å². The summed E-state index contributed by atoms with van der Waals surface area (Å²) in [5.41, 5.74) is 0.516. The highest BCUT2D eigenvalue weighted by atomic mass is 35.5. The van der Waals surface area contributed by atoms with E-state index in [1.165, 1.54) is 18.2 Å². The fourth-order valence-corrected chi connectivity index (χ4v) is 2.42. The van der Waals surface area contributed by atoms with Gasteiger partial charge in [-0.3, -0.25) is 4.72 Å². The second-order valence-corrected chi connectivity index (χ2v) is 5.43. The molecule has 2 rings (SSSR count). The first kappa shape index (κ1) is 12.0. The Balaban J connectivity index is 2.29.